The molecule has 4 nitrogen and oxygen atoms in total. The summed E-state index contributed by atoms with van der Waals surface area (Å²) in [4.78, 5) is 13.7. The molecule has 0 saturated heterocycles. The Kier molecular flexibility index (Phi) is 6.90. The summed E-state index contributed by atoms with van der Waals surface area (Å²) in [5.41, 5.74) is 6.45. The molecule has 0 aliphatic rings. The summed E-state index contributed by atoms with van der Waals surface area (Å²) >= 11 is 2.94. The van der Waals surface area contributed by atoms with Gasteiger partial charge in [0.25, 0.3) is 0 Å². The predicted molar refractivity (Wildman–Crippen MR) is 94.9 cm³/mol. The monoisotopic (exact) mass is 412 g/mol. The summed E-state index contributed by atoms with van der Waals surface area (Å²) < 4.78 is 33.3. The molecule has 0 aromatic heterocycles. The number of halogens is 3. The summed E-state index contributed by atoms with van der Waals surface area (Å²) in [7, 11) is 0. The third-order valence-electron chi connectivity index (χ3n) is 3.77. The van der Waals surface area contributed by atoms with E-state index >= 15 is 0 Å². The van der Waals surface area contributed by atoms with Gasteiger partial charge >= 0.3 is 6.09 Å². The molecule has 0 fully saturated rings. The zero-order valence-electron chi connectivity index (χ0n) is 13.7. The summed E-state index contributed by atoms with van der Waals surface area (Å²) in [6, 6.07) is 10.6. The van der Waals surface area contributed by atoms with Crippen LogP contribution in [0.15, 0.2) is 46.9 Å². The molecule has 7 heteroatoms. The molecule has 0 spiro atoms. The van der Waals surface area contributed by atoms with E-state index in [-0.39, 0.29) is 29.7 Å². The van der Waals surface area contributed by atoms with Gasteiger partial charge in [-0.15, -0.1) is 0 Å². The molecular weight excluding hydrogens is 394 g/mol. The Morgan fingerprint density at radius 1 is 1.24 bits per heavy atom. The lowest BCUT2D eigenvalue weighted by atomic mass is 10.1. The normalized spacial score (nSPS) is 11.9. The van der Waals surface area contributed by atoms with E-state index in [1.165, 1.54) is 4.90 Å². The van der Waals surface area contributed by atoms with Crippen LogP contribution in [0.25, 0.3) is 0 Å². The third kappa shape index (κ3) is 4.99. The van der Waals surface area contributed by atoms with Crippen LogP contribution in [0.4, 0.5) is 13.6 Å². The summed E-state index contributed by atoms with van der Waals surface area (Å²) in [6.07, 6.45) is -0.635. The Hall–Kier alpha value is -1.99. The number of carbonyl (C=O) groups excluding carboxylic acids is 1. The number of hydrogen-bond donors (Lipinski definition) is 1. The number of rotatable bonds is 6. The van der Waals surface area contributed by atoms with Gasteiger partial charge in [0.05, 0.1) is 10.5 Å². The van der Waals surface area contributed by atoms with Crippen LogP contribution in [0.2, 0.25) is 0 Å². The minimum atomic E-state index is -0.727. The van der Waals surface area contributed by atoms with E-state index in [0.717, 1.165) is 17.7 Å². The Bertz CT molecular complexity index is 729. The summed E-state index contributed by atoms with van der Waals surface area (Å²) in [5, 5.41) is 0. The van der Waals surface area contributed by atoms with Crippen molar-refractivity contribution in [3.63, 3.8) is 0 Å². The number of hydrogen-bond acceptors (Lipinski definition) is 3. The van der Waals surface area contributed by atoms with Crippen molar-refractivity contribution in [1.82, 2.24) is 4.90 Å². The first-order chi connectivity index (χ1) is 11.9. The largest absolute Gasteiger partial charge is 0.445 e. The Labute approximate surface area is 153 Å². The van der Waals surface area contributed by atoms with Crippen LogP contribution in [-0.2, 0) is 11.3 Å². The summed E-state index contributed by atoms with van der Waals surface area (Å²) in [6.45, 7) is 2.02. The van der Waals surface area contributed by atoms with Crippen LogP contribution in [0, 0.1) is 11.6 Å². The SMILES string of the molecule is CC(c1cc(F)c(Br)cc1F)N(CCN)C(=O)OCc1ccccc1. The van der Waals surface area contributed by atoms with Crippen molar-refractivity contribution >= 4 is 22.0 Å². The van der Waals surface area contributed by atoms with Gasteiger partial charge in [-0.3, -0.25) is 0 Å². The van der Waals surface area contributed by atoms with Gasteiger partial charge in [-0.25, -0.2) is 13.6 Å². The van der Waals surface area contributed by atoms with Crippen LogP contribution in [0.5, 0.6) is 0 Å². The number of nitrogens with zero attached hydrogens (tertiary/aromatic N) is 1. The second kappa shape index (κ2) is 8.92. The molecular formula is C18H19BrF2N2O2. The maximum absolute atomic E-state index is 14.2. The molecule has 1 atom stereocenters. The molecule has 0 saturated carbocycles. The molecule has 0 aliphatic heterocycles. The lowest BCUT2D eigenvalue weighted by molar-refractivity contribution is 0.0835. The number of ether oxygens (including phenoxy) is 1. The standard InChI is InChI=1S/C18H19BrF2N2O2/c1-12(14-9-17(21)15(19)10-16(14)20)23(8-7-22)18(24)25-11-13-5-3-2-4-6-13/h2-6,9-10,12H,7-8,11,22H2,1H3. The van der Waals surface area contributed by atoms with Gasteiger partial charge in [-0.05, 0) is 40.5 Å². The highest BCUT2D eigenvalue weighted by Gasteiger charge is 2.25. The second-order valence-corrected chi connectivity index (χ2v) is 6.34. The highest BCUT2D eigenvalue weighted by Crippen LogP contribution is 2.28. The zero-order valence-corrected chi connectivity index (χ0v) is 15.3. The van der Waals surface area contributed by atoms with E-state index in [1.54, 1.807) is 6.92 Å². The highest BCUT2D eigenvalue weighted by molar-refractivity contribution is 9.10. The first kappa shape index (κ1) is 19.3. The topological polar surface area (TPSA) is 55.6 Å². The lowest BCUT2D eigenvalue weighted by Gasteiger charge is -2.28. The van der Waals surface area contributed by atoms with Crippen molar-refractivity contribution in [2.75, 3.05) is 13.1 Å². The summed E-state index contributed by atoms with van der Waals surface area (Å²) in [5.74, 6) is -1.22. The fourth-order valence-corrected chi connectivity index (χ4v) is 2.73. The van der Waals surface area contributed by atoms with E-state index in [9.17, 15) is 13.6 Å². The van der Waals surface area contributed by atoms with Gasteiger partial charge in [0.1, 0.15) is 18.2 Å². The van der Waals surface area contributed by atoms with Gasteiger partial charge in [0.15, 0.2) is 0 Å². The van der Waals surface area contributed by atoms with Gasteiger partial charge in [0, 0.05) is 18.7 Å². The molecule has 2 rings (SSSR count). The van der Waals surface area contributed by atoms with Crippen LogP contribution >= 0.6 is 15.9 Å². The fourth-order valence-electron chi connectivity index (χ4n) is 2.41. The molecule has 2 aromatic rings. The van der Waals surface area contributed by atoms with Crippen molar-refractivity contribution in [2.45, 2.75) is 19.6 Å². The van der Waals surface area contributed by atoms with Crippen LogP contribution in [0.1, 0.15) is 24.1 Å². The molecule has 0 radical (unpaired) electrons. The smallest absolute Gasteiger partial charge is 0.410 e. The van der Waals surface area contributed by atoms with Crippen molar-refractivity contribution in [1.29, 1.82) is 0 Å². The third-order valence-corrected chi connectivity index (χ3v) is 4.37. The lowest BCUT2D eigenvalue weighted by Crippen LogP contribution is -2.38. The van der Waals surface area contributed by atoms with Gasteiger partial charge in [0.2, 0.25) is 0 Å². The molecule has 1 unspecified atom stereocenters. The predicted octanol–water partition coefficient (Wildman–Crippen LogP) is 4.39. The Morgan fingerprint density at radius 3 is 2.56 bits per heavy atom. The molecule has 0 aliphatic carbocycles. The number of nitrogens with two attached hydrogens (primary N) is 1. The number of benzene rings is 2. The van der Waals surface area contributed by atoms with Crippen LogP contribution in [0.3, 0.4) is 0 Å². The minimum Gasteiger partial charge on any atom is -0.445 e. The maximum atomic E-state index is 14.2. The Balaban J connectivity index is 2.15. The van der Waals surface area contributed by atoms with E-state index < -0.39 is 23.8 Å². The first-order valence-corrected chi connectivity index (χ1v) is 8.55. The molecule has 0 bridgehead atoms. The van der Waals surface area contributed by atoms with Crippen molar-refractivity contribution < 1.29 is 18.3 Å². The van der Waals surface area contributed by atoms with E-state index in [0.29, 0.717) is 0 Å². The van der Waals surface area contributed by atoms with E-state index in [4.69, 9.17) is 10.5 Å². The maximum Gasteiger partial charge on any atom is 0.410 e. The van der Waals surface area contributed by atoms with Crippen molar-refractivity contribution in [3.8, 4) is 0 Å². The minimum absolute atomic E-state index is 0.0259. The Morgan fingerprint density at radius 2 is 1.92 bits per heavy atom. The highest BCUT2D eigenvalue weighted by atomic mass is 79.9. The first-order valence-electron chi connectivity index (χ1n) is 7.76. The van der Waals surface area contributed by atoms with Crippen molar-refractivity contribution in [3.05, 3.63) is 69.7 Å². The van der Waals surface area contributed by atoms with Gasteiger partial charge in [-0.1, -0.05) is 30.3 Å². The fraction of sp³-hybridized carbons (Fsp3) is 0.278. The van der Waals surface area contributed by atoms with Crippen molar-refractivity contribution in [2.24, 2.45) is 5.73 Å². The second-order valence-electron chi connectivity index (χ2n) is 5.49. The molecule has 2 N–H and O–H groups in total. The van der Waals surface area contributed by atoms with Crippen LogP contribution in [-0.4, -0.2) is 24.1 Å². The zero-order chi connectivity index (χ0) is 18.4. The molecule has 25 heavy (non-hydrogen) atoms. The quantitative estimate of drug-likeness (QED) is 0.715. The van der Waals surface area contributed by atoms with Gasteiger partial charge < -0.3 is 15.4 Å². The molecule has 0 heterocycles. The number of carbonyl (C=O) groups is 1. The molecule has 2 aromatic carbocycles. The van der Waals surface area contributed by atoms with E-state index in [2.05, 4.69) is 15.9 Å². The number of amides is 1. The van der Waals surface area contributed by atoms with Gasteiger partial charge in [-0.2, -0.15) is 0 Å². The molecule has 134 valence electrons. The van der Waals surface area contributed by atoms with E-state index in [1.807, 2.05) is 30.3 Å². The average Bonchev–Trinajstić information content (AvgIpc) is 2.61. The van der Waals surface area contributed by atoms with Crippen LogP contribution < -0.4 is 5.73 Å². The molecule has 1 amide bonds. The average molecular weight is 413 g/mol.